The van der Waals surface area contributed by atoms with Crippen LogP contribution >= 0.6 is 0 Å². The summed E-state index contributed by atoms with van der Waals surface area (Å²) < 4.78 is 0. The maximum absolute atomic E-state index is 10.8. The Hall–Kier alpha value is -2.81. The minimum atomic E-state index is -0.930. The van der Waals surface area contributed by atoms with Crippen LogP contribution in [0.25, 0.3) is 11.1 Å². The van der Waals surface area contributed by atoms with Gasteiger partial charge >= 0.3 is 5.97 Å². The van der Waals surface area contributed by atoms with Crippen molar-refractivity contribution in [1.82, 2.24) is 4.98 Å². The highest BCUT2D eigenvalue weighted by Crippen LogP contribution is 2.20. The van der Waals surface area contributed by atoms with E-state index in [1.807, 2.05) is 18.2 Å². The van der Waals surface area contributed by atoms with E-state index in [4.69, 9.17) is 5.11 Å². The van der Waals surface area contributed by atoms with Gasteiger partial charge in [-0.3, -0.25) is 0 Å². The Kier molecular flexibility index (Phi) is 3.56. The fourth-order valence-electron chi connectivity index (χ4n) is 2.35. The summed E-state index contributed by atoms with van der Waals surface area (Å²) >= 11 is 0. The first-order valence-corrected chi connectivity index (χ1v) is 6.77. The summed E-state index contributed by atoms with van der Waals surface area (Å²) in [4.78, 5) is 13.6. The molecule has 0 aliphatic carbocycles. The Labute approximate surface area is 122 Å². The van der Waals surface area contributed by atoms with Crippen LogP contribution in [0.15, 0.2) is 66.9 Å². The Morgan fingerprint density at radius 3 is 2.19 bits per heavy atom. The summed E-state index contributed by atoms with van der Waals surface area (Å²) in [5, 5.41) is 8.90. The van der Waals surface area contributed by atoms with Gasteiger partial charge in [0.05, 0.1) is 0 Å². The highest BCUT2D eigenvalue weighted by atomic mass is 16.4. The quantitative estimate of drug-likeness (QED) is 0.758. The van der Waals surface area contributed by atoms with E-state index in [0.29, 0.717) is 0 Å². The zero-order valence-electron chi connectivity index (χ0n) is 11.4. The third kappa shape index (κ3) is 3.03. The van der Waals surface area contributed by atoms with Crippen molar-refractivity contribution in [3.63, 3.8) is 0 Å². The molecule has 2 N–H and O–H groups in total. The molecule has 0 fully saturated rings. The number of H-pyrrole nitrogens is 1. The zero-order chi connectivity index (χ0) is 14.7. The predicted octanol–water partition coefficient (Wildman–Crippen LogP) is 3.97. The molecule has 1 aromatic heterocycles. The van der Waals surface area contributed by atoms with Crippen LogP contribution in [0.4, 0.5) is 0 Å². The molecule has 21 heavy (non-hydrogen) atoms. The highest BCUT2D eigenvalue weighted by Gasteiger charge is 2.06. The van der Waals surface area contributed by atoms with Gasteiger partial charge in [0.1, 0.15) is 5.69 Å². The average Bonchev–Trinajstić information content (AvgIpc) is 2.98. The highest BCUT2D eigenvalue weighted by molar-refractivity contribution is 5.85. The molecule has 0 unspecified atom stereocenters. The number of hydrogen-bond donors (Lipinski definition) is 2. The number of carboxylic acid groups (broad SMARTS) is 1. The monoisotopic (exact) mass is 277 g/mol. The normalized spacial score (nSPS) is 10.5. The molecular formula is C18H15NO2. The molecule has 0 aliphatic heterocycles. The largest absolute Gasteiger partial charge is 0.477 e. The molecule has 0 atom stereocenters. The van der Waals surface area contributed by atoms with E-state index in [0.717, 1.165) is 17.5 Å². The van der Waals surface area contributed by atoms with Gasteiger partial charge in [-0.2, -0.15) is 0 Å². The second-order valence-corrected chi connectivity index (χ2v) is 4.97. The van der Waals surface area contributed by atoms with Crippen molar-refractivity contribution in [3.8, 4) is 11.1 Å². The second-order valence-electron chi connectivity index (χ2n) is 4.97. The Morgan fingerprint density at radius 1 is 0.905 bits per heavy atom. The summed E-state index contributed by atoms with van der Waals surface area (Å²) in [5.41, 5.74) is 4.73. The number of aromatic amines is 1. The topological polar surface area (TPSA) is 53.1 Å². The van der Waals surface area contributed by atoms with Gasteiger partial charge in [-0.25, -0.2) is 4.79 Å². The molecule has 0 amide bonds. The van der Waals surface area contributed by atoms with E-state index in [9.17, 15) is 4.79 Å². The van der Waals surface area contributed by atoms with Crippen molar-refractivity contribution in [2.75, 3.05) is 0 Å². The lowest BCUT2D eigenvalue weighted by molar-refractivity contribution is 0.0691. The first-order chi connectivity index (χ1) is 10.2. The van der Waals surface area contributed by atoms with Crippen molar-refractivity contribution < 1.29 is 9.90 Å². The van der Waals surface area contributed by atoms with Crippen LogP contribution in [-0.4, -0.2) is 16.1 Å². The van der Waals surface area contributed by atoms with Gasteiger partial charge in [-0.15, -0.1) is 0 Å². The van der Waals surface area contributed by atoms with Crippen LogP contribution in [0.3, 0.4) is 0 Å². The molecule has 1 heterocycles. The minimum absolute atomic E-state index is 0.228. The molecule has 0 spiro atoms. The van der Waals surface area contributed by atoms with Crippen LogP contribution in [-0.2, 0) is 6.42 Å². The Morgan fingerprint density at radius 2 is 1.57 bits per heavy atom. The molecule has 0 saturated heterocycles. The Balaban J connectivity index is 1.76. The number of nitrogens with one attached hydrogen (secondary N) is 1. The van der Waals surface area contributed by atoms with Gasteiger partial charge in [0.2, 0.25) is 0 Å². The number of carbonyl (C=O) groups is 1. The molecule has 3 nitrogen and oxygen atoms in total. The number of hydrogen-bond acceptors (Lipinski definition) is 1. The molecular weight excluding hydrogens is 262 g/mol. The van der Waals surface area contributed by atoms with Crippen molar-refractivity contribution in [2.45, 2.75) is 6.42 Å². The molecule has 3 rings (SSSR count). The van der Waals surface area contributed by atoms with E-state index in [1.165, 1.54) is 11.1 Å². The maximum Gasteiger partial charge on any atom is 0.352 e. The number of carboxylic acids is 1. The van der Waals surface area contributed by atoms with Crippen molar-refractivity contribution >= 4 is 5.97 Å². The molecule has 0 bridgehead atoms. The number of benzene rings is 2. The van der Waals surface area contributed by atoms with E-state index in [1.54, 1.807) is 12.3 Å². The fourth-order valence-corrected chi connectivity index (χ4v) is 2.35. The summed E-state index contributed by atoms with van der Waals surface area (Å²) in [5.74, 6) is -0.930. The van der Waals surface area contributed by atoms with Gasteiger partial charge in [0, 0.05) is 6.20 Å². The first-order valence-electron chi connectivity index (χ1n) is 6.77. The van der Waals surface area contributed by atoms with E-state index in [2.05, 4.69) is 41.4 Å². The molecule has 3 aromatic rings. The van der Waals surface area contributed by atoms with Gasteiger partial charge in [-0.05, 0) is 34.7 Å². The third-order valence-corrected chi connectivity index (χ3v) is 3.44. The lowest BCUT2D eigenvalue weighted by atomic mass is 10.0. The summed E-state index contributed by atoms with van der Waals surface area (Å²) in [7, 11) is 0. The average molecular weight is 277 g/mol. The summed E-state index contributed by atoms with van der Waals surface area (Å²) in [6, 6.07) is 20.2. The van der Waals surface area contributed by atoms with Crippen LogP contribution < -0.4 is 0 Å². The second kappa shape index (κ2) is 5.67. The van der Waals surface area contributed by atoms with E-state index >= 15 is 0 Å². The number of rotatable bonds is 4. The number of aromatic nitrogens is 1. The van der Waals surface area contributed by atoms with Gasteiger partial charge < -0.3 is 10.1 Å². The number of aromatic carboxylic acids is 1. The molecule has 0 radical (unpaired) electrons. The molecule has 104 valence electrons. The van der Waals surface area contributed by atoms with Crippen molar-refractivity contribution in [1.29, 1.82) is 0 Å². The smallest absolute Gasteiger partial charge is 0.352 e. The van der Waals surface area contributed by atoms with Crippen LogP contribution in [0.5, 0.6) is 0 Å². The van der Waals surface area contributed by atoms with E-state index < -0.39 is 5.97 Å². The Bertz CT molecular complexity index is 742. The molecule has 0 aliphatic rings. The molecule has 3 heteroatoms. The lowest BCUT2D eigenvalue weighted by Crippen LogP contribution is -1.94. The fraction of sp³-hybridized carbons (Fsp3) is 0.0556. The van der Waals surface area contributed by atoms with Crippen molar-refractivity contribution in [2.24, 2.45) is 0 Å². The van der Waals surface area contributed by atoms with Crippen LogP contribution in [0, 0.1) is 0 Å². The van der Waals surface area contributed by atoms with Crippen LogP contribution in [0.2, 0.25) is 0 Å². The zero-order valence-corrected chi connectivity index (χ0v) is 11.4. The van der Waals surface area contributed by atoms with Gasteiger partial charge in [0.15, 0.2) is 0 Å². The summed E-state index contributed by atoms with van der Waals surface area (Å²) in [6.45, 7) is 0. The SMILES string of the molecule is O=C(O)c1cc(Cc2ccc(-c3ccccc3)cc2)c[nH]1. The standard InChI is InChI=1S/C18H15NO2/c20-18(21)17-11-14(12-19-17)10-13-6-8-16(9-7-13)15-4-2-1-3-5-15/h1-9,11-12,19H,10H2,(H,20,21). The maximum atomic E-state index is 10.8. The van der Waals surface area contributed by atoms with Crippen molar-refractivity contribution in [3.05, 3.63) is 83.7 Å². The molecule has 2 aromatic carbocycles. The van der Waals surface area contributed by atoms with Crippen LogP contribution in [0.1, 0.15) is 21.6 Å². The van der Waals surface area contributed by atoms with Gasteiger partial charge in [0.25, 0.3) is 0 Å². The van der Waals surface area contributed by atoms with E-state index in [-0.39, 0.29) is 5.69 Å². The molecule has 0 saturated carbocycles. The summed E-state index contributed by atoms with van der Waals surface area (Å²) in [6.07, 6.45) is 2.47. The lowest BCUT2D eigenvalue weighted by Gasteiger charge is -2.03. The first kappa shape index (κ1) is 13.2. The third-order valence-electron chi connectivity index (χ3n) is 3.44. The van der Waals surface area contributed by atoms with Gasteiger partial charge in [-0.1, -0.05) is 54.6 Å². The predicted molar refractivity (Wildman–Crippen MR) is 82.4 cm³/mol. The minimum Gasteiger partial charge on any atom is -0.477 e.